The van der Waals surface area contributed by atoms with Crippen molar-refractivity contribution in [3.63, 3.8) is 0 Å². The van der Waals surface area contributed by atoms with E-state index >= 15 is 0 Å². The Hall–Kier alpha value is -1.47. The van der Waals surface area contributed by atoms with Crippen LogP contribution in [0.4, 0.5) is 0 Å². The van der Waals surface area contributed by atoms with E-state index in [2.05, 4.69) is 39.5 Å². The molecule has 24 heavy (non-hydrogen) atoms. The molecule has 7 nitrogen and oxygen atoms in total. The molecule has 0 saturated carbocycles. The van der Waals surface area contributed by atoms with E-state index in [1.165, 1.54) is 0 Å². The molecule has 0 bridgehead atoms. The van der Waals surface area contributed by atoms with Crippen LogP contribution in [0.1, 0.15) is 57.2 Å². The van der Waals surface area contributed by atoms with Crippen LogP contribution in [0.2, 0.25) is 0 Å². The molecule has 7 heteroatoms. The fourth-order valence-corrected chi connectivity index (χ4v) is 3.50. The van der Waals surface area contributed by atoms with Gasteiger partial charge in [0.25, 0.3) is 0 Å². The normalized spacial score (nSPS) is 25.3. The summed E-state index contributed by atoms with van der Waals surface area (Å²) in [4.78, 5) is 18.9. The van der Waals surface area contributed by atoms with Crippen molar-refractivity contribution >= 4 is 5.91 Å². The zero-order chi connectivity index (χ0) is 16.9. The minimum Gasteiger partial charge on any atom is -0.354 e. The molecule has 1 aromatic heterocycles. The van der Waals surface area contributed by atoms with Crippen molar-refractivity contribution in [2.24, 2.45) is 5.92 Å². The summed E-state index contributed by atoms with van der Waals surface area (Å²) >= 11 is 0. The first-order valence-electron chi connectivity index (χ1n) is 9.17. The summed E-state index contributed by atoms with van der Waals surface area (Å²) in [6.45, 7) is 8.56. The van der Waals surface area contributed by atoms with Gasteiger partial charge in [0, 0.05) is 19.0 Å². The van der Waals surface area contributed by atoms with E-state index in [9.17, 15) is 4.79 Å². The van der Waals surface area contributed by atoms with Gasteiger partial charge in [-0.1, -0.05) is 19.0 Å². The van der Waals surface area contributed by atoms with Gasteiger partial charge in [-0.2, -0.15) is 4.98 Å². The summed E-state index contributed by atoms with van der Waals surface area (Å²) in [5.74, 6) is 2.41. The Morgan fingerprint density at radius 3 is 3.00 bits per heavy atom. The number of nitrogens with one attached hydrogen (secondary N) is 2. The lowest BCUT2D eigenvalue weighted by atomic mass is 9.98. The predicted molar refractivity (Wildman–Crippen MR) is 90.4 cm³/mol. The number of hydrogen-bond acceptors (Lipinski definition) is 6. The number of nitrogens with zero attached hydrogens (tertiary/aromatic N) is 3. The molecule has 0 radical (unpaired) electrons. The quantitative estimate of drug-likeness (QED) is 0.815. The molecule has 2 unspecified atom stereocenters. The lowest BCUT2D eigenvalue weighted by molar-refractivity contribution is -0.123. The highest BCUT2D eigenvalue weighted by Crippen LogP contribution is 2.18. The molecule has 2 saturated heterocycles. The van der Waals surface area contributed by atoms with E-state index in [0.29, 0.717) is 18.4 Å². The van der Waals surface area contributed by atoms with E-state index in [4.69, 9.17) is 4.52 Å². The van der Waals surface area contributed by atoms with Crippen LogP contribution >= 0.6 is 0 Å². The molecule has 2 aliphatic rings. The highest BCUT2D eigenvalue weighted by atomic mass is 16.5. The zero-order valence-corrected chi connectivity index (χ0v) is 14.8. The fourth-order valence-electron chi connectivity index (χ4n) is 3.50. The second-order valence-electron chi connectivity index (χ2n) is 7.34. The van der Waals surface area contributed by atoms with Gasteiger partial charge in [-0.3, -0.25) is 9.69 Å². The minimum absolute atomic E-state index is 0.0116. The maximum Gasteiger partial charge on any atom is 0.240 e. The van der Waals surface area contributed by atoms with E-state index in [1.807, 2.05) is 0 Å². The van der Waals surface area contributed by atoms with Crippen molar-refractivity contribution in [2.45, 2.75) is 58.0 Å². The Balaban J connectivity index is 1.44. The van der Waals surface area contributed by atoms with Crippen molar-refractivity contribution in [3.8, 4) is 0 Å². The molecule has 134 valence electrons. The Bertz CT molecular complexity index is 539. The Labute approximate surface area is 143 Å². The van der Waals surface area contributed by atoms with Crippen LogP contribution in [0.5, 0.6) is 0 Å². The molecule has 2 fully saturated rings. The second kappa shape index (κ2) is 8.07. The first-order valence-corrected chi connectivity index (χ1v) is 9.17. The molecule has 2 aliphatic heterocycles. The summed E-state index contributed by atoms with van der Waals surface area (Å²) in [5.41, 5.74) is 0. The SMILES string of the molecule is CC(C)c1noc(CN2CCCC(CNC(=O)C3CCCN3)C2)n1. The largest absolute Gasteiger partial charge is 0.354 e. The number of hydrogen-bond donors (Lipinski definition) is 2. The van der Waals surface area contributed by atoms with Gasteiger partial charge in [0.05, 0.1) is 12.6 Å². The van der Waals surface area contributed by atoms with E-state index < -0.39 is 0 Å². The number of aromatic nitrogens is 2. The minimum atomic E-state index is 0.0116. The van der Waals surface area contributed by atoms with Crippen LogP contribution in [0.25, 0.3) is 0 Å². The maximum absolute atomic E-state index is 12.1. The molecule has 0 spiro atoms. The Morgan fingerprint density at radius 2 is 2.29 bits per heavy atom. The average Bonchev–Trinajstić information content (AvgIpc) is 3.24. The number of carbonyl (C=O) groups excluding carboxylic acids is 1. The third-order valence-electron chi connectivity index (χ3n) is 4.90. The van der Waals surface area contributed by atoms with Crippen molar-refractivity contribution in [3.05, 3.63) is 11.7 Å². The van der Waals surface area contributed by atoms with Crippen molar-refractivity contribution in [2.75, 3.05) is 26.2 Å². The molecule has 1 amide bonds. The summed E-state index contributed by atoms with van der Waals surface area (Å²) in [7, 11) is 0. The standard InChI is InChI=1S/C17H29N5O2/c1-12(2)16-20-15(24-21-16)11-22-8-4-5-13(10-22)9-19-17(23)14-6-3-7-18-14/h12-14,18H,3-11H2,1-2H3,(H,19,23). The third-order valence-corrected chi connectivity index (χ3v) is 4.90. The van der Waals surface area contributed by atoms with Crippen LogP contribution in [-0.4, -0.2) is 53.2 Å². The molecule has 1 aromatic rings. The van der Waals surface area contributed by atoms with Gasteiger partial charge in [-0.15, -0.1) is 0 Å². The molecule has 0 aromatic carbocycles. The van der Waals surface area contributed by atoms with Gasteiger partial charge in [-0.25, -0.2) is 0 Å². The summed E-state index contributed by atoms with van der Waals surface area (Å²) in [6, 6.07) is 0.0116. The van der Waals surface area contributed by atoms with Crippen molar-refractivity contribution in [1.82, 2.24) is 25.7 Å². The molecule has 2 N–H and O–H groups in total. The first-order chi connectivity index (χ1) is 11.6. The van der Waals surface area contributed by atoms with E-state index in [0.717, 1.165) is 57.7 Å². The van der Waals surface area contributed by atoms with Crippen LogP contribution in [-0.2, 0) is 11.3 Å². The van der Waals surface area contributed by atoms with Gasteiger partial charge >= 0.3 is 0 Å². The molecule has 3 rings (SSSR count). The van der Waals surface area contributed by atoms with Gasteiger partial charge in [0.2, 0.25) is 11.8 Å². The second-order valence-corrected chi connectivity index (χ2v) is 7.34. The highest BCUT2D eigenvalue weighted by Gasteiger charge is 2.25. The van der Waals surface area contributed by atoms with E-state index in [1.54, 1.807) is 0 Å². The number of piperidine rings is 1. The number of amides is 1. The summed E-state index contributed by atoms with van der Waals surface area (Å²) in [6.07, 6.45) is 4.36. The van der Waals surface area contributed by atoms with E-state index in [-0.39, 0.29) is 17.9 Å². The predicted octanol–water partition coefficient (Wildman–Crippen LogP) is 1.27. The highest BCUT2D eigenvalue weighted by molar-refractivity contribution is 5.81. The monoisotopic (exact) mass is 335 g/mol. The first kappa shape index (κ1) is 17.4. The Kier molecular flexibility index (Phi) is 5.84. The zero-order valence-electron chi connectivity index (χ0n) is 14.8. The topological polar surface area (TPSA) is 83.3 Å². The maximum atomic E-state index is 12.1. The van der Waals surface area contributed by atoms with Crippen LogP contribution in [0, 0.1) is 5.92 Å². The molecular weight excluding hydrogens is 306 g/mol. The van der Waals surface area contributed by atoms with Crippen LogP contribution < -0.4 is 10.6 Å². The number of rotatable bonds is 6. The Morgan fingerprint density at radius 1 is 1.42 bits per heavy atom. The lowest BCUT2D eigenvalue weighted by Crippen LogP contribution is -2.45. The smallest absolute Gasteiger partial charge is 0.240 e. The van der Waals surface area contributed by atoms with Gasteiger partial charge in [0.1, 0.15) is 0 Å². The van der Waals surface area contributed by atoms with Gasteiger partial charge in [0.15, 0.2) is 5.82 Å². The van der Waals surface area contributed by atoms with Crippen LogP contribution in [0.15, 0.2) is 4.52 Å². The summed E-state index contributed by atoms with van der Waals surface area (Å²) < 4.78 is 5.35. The number of carbonyl (C=O) groups is 1. The van der Waals surface area contributed by atoms with Crippen LogP contribution in [0.3, 0.4) is 0 Å². The third kappa shape index (κ3) is 4.54. The van der Waals surface area contributed by atoms with Crippen molar-refractivity contribution in [1.29, 1.82) is 0 Å². The fraction of sp³-hybridized carbons (Fsp3) is 0.824. The molecular formula is C17H29N5O2. The average molecular weight is 335 g/mol. The van der Waals surface area contributed by atoms with Gasteiger partial charge in [-0.05, 0) is 44.7 Å². The molecule has 3 heterocycles. The van der Waals surface area contributed by atoms with Crippen molar-refractivity contribution < 1.29 is 9.32 Å². The molecule has 0 aliphatic carbocycles. The lowest BCUT2D eigenvalue weighted by Gasteiger charge is -2.32. The van der Waals surface area contributed by atoms with Gasteiger partial charge < -0.3 is 15.2 Å². The molecule has 2 atom stereocenters. The summed E-state index contributed by atoms with van der Waals surface area (Å²) in [5, 5.41) is 10.4. The number of likely N-dealkylation sites (tertiary alicyclic amines) is 1.